The normalized spacial score (nSPS) is 20.3. The molecule has 154 valence electrons. The highest BCUT2D eigenvalue weighted by Crippen LogP contribution is 2.36. The van der Waals surface area contributed by atoms with Gasteiger partial charge < -0.3 is 15.4 Å². The van der Waals surface area contributed by atoms with Gasteiger partial charge in [0, 0.05) is 31.2 Å². The van der Waals surface area contributed by atoms with E-state index in [9.17, 15) is 9.59 Å². The van der Waals surface area contributed by atoms with E-state index < -0.39 is 5.60 Å². The molecule has 28 heavy (non-hydrogen) atoms. The molecule has 2 N–H and O–H groups in total. The molecule has 1 unspecified atom stereocenters. The first kappa shape index (κ1) is 20.6. The number of nitrogens with two attached hydrogens (primary N) is 1. The second-order valence-electron chi connectivity index (χ2n) is 9.18. The van der Waals surface area contributed by atoms with Gasteiger partial charge in [-0.15, -0.1) is 0 Å². The number of rotatable bonds is 4. The van der Waals surface area contributed by atoms with Crippen LogP contribution >= 0.6 is 0 Å². The van der Waals surface area contributed by atoms with Crippen LogP contribution in [0.25, 0.3) is 0 Å². The predicted molar refractivity (Wildman–Crippen MR) is 109 cm³/mol. The van der Waals surface area contributed by atoms with Gasteiger partial charge in [0.25, 0.3) is 0 Å². The number of likely N-dealkylation sites (tertiary alicyclic amines) is 1. The lowest BCUT2D eigenvalue weighted by atomic mass is 9.95. The summed E-state index contributed by atoms with van der Waals surface area (Å²) in [5, 5.41) is 0. The van der Waals surface area contributed by atoms with Crippen molar-refractivity contribution in [3.8, 4) is 0 Å². The molecule has 2 aliphatic rings. The number of amides is 2. The lowest BCUT2D eigenvalue weighted by molar-refractivity contribution is 0.0167. The molecular weight excluding hydrogens is 354 g/mol. The molecule has 0 bridgehead atoms. The Hall–Kier alpha value is -2.08. The third-order valence-corrected chi connectivity index (χ3v) is 5.82. The second kappa shape index (κ2) is 8.11. The van der Waals surface area contributed by atoms with E-state index in [1.807, 2.05) is 37.8 Å². The summed E-state index contributed by atoms with van der Waals surface area (Å²) in [6.07, 6.45) is 3.87. The molecule has 1 heterocycles. The summed E-state index contributed by atoms with van der Waals surface area (Å²) < 4.78 is 5.48. The van der Waals surface area contributed by atoms with Crippen molar-refractivity contribution in [3.63, 3.8) is 0 Å². The third-order valence-electron chi connectivity index (χ3n) is 5.82. The average molecular weight is 388 g/mol. The van der Waals surface area contributed by atoms with Crippen LogP contribution in [0.2, 0.25) is 0 Å². The van der Waals surface area contributed by atoms with Crippen molar-refractivity contribution in [3.05, 3.63) is 34.9 Å². The number of fused-ring (bicyclic) bond motifs is 1. The Balaban J connectivity index is 1.53. The van der Waals surface area contributed by atoms with E-state index >= 15 is 0 Å². The Kier molecular flexibility index (Phi) is 5.98. The van der Waals surface area contributed by atoms with Crippen LogP contribution in [-0.4, -0.2) is 54.1 Å². The number of carbonyl (C=O) groups excluding carboxylic acids is 2. The van der Waals surface area contributed by atoms with Gasteiger partial charge in [-0.2, -0.15) is 0 Å². The number of primary amides is 1. The molecule has 1 fully saturated rings. The van der Waals surface area contributed by atoms with Gasteiger partial charge in [-0.25, -0.2) is 4.79 Å². The topological polar surface area (TPSA) is 75.9 Å². The van der Waals surface area contributed by atoms with E-state index in [1.54, 1.807) is 0 Å². The van der Waals surface area contributed by atoms with Gasteiger partial charge in [-0.05, 0) is 82.7 Å². The minimum atomic E-state index is -0.446. The molecule has 3 rings (SSSR count). The first-order chi connectivity index (χ1) is 13.1. The number of aryl methyl sites for hydroxylation is 1. The van der Waals surface area contributed by atoms with Crippen molar-refractivity contribution in [2.75, 3.05) is 26.7 Å². The molecular formula is C22H33N3O3. The van der Waals surface area contributed by atoms with Crippen molar-refractivity contribution in [1.82, 2.24) is 9.80 Å². The Morgan fingerprint density at radius 1 is 1.21 bits per heavy atom. The van der Waals surface area contributed by atoms with Crippen molar-refractivity contribution in [2.24, 2.45) is 11.7 Å². The van der Waals surface area contributed by atoms with Crippen molar-refractivity contribution >= 4 is 12.0 Å². The highest BCUT2D eigenvalue weighted by molar-refractivity contribution is 5.93. The molecule has 0 aromatic heterocycles. The summed E-state index contributed by atoms with van der Waals surface area (Å²) in [6.45, 7) is 8.24. The molecule has 6 heteroatoms. The number of hydrogen-bond donors (Lipinski definition) is 1. The van der Waals surface area contributed by atoms with Crippen molar-refractivity contribution in [1.29, 1.82) is 0 Å². The van der Waals surface area contributed by atoms with Crippen LogP contribution in [0.15, 0.2) is 18.2 Å². The smallest absolute Gasteiger partial charge is 0.410 e. The van der Waals surface area contributed by atoms with Crippen molar-refractivity contribution in [2.45, 2.75) is 58.1 Å². The Labute approximate surface area is 168 Å². The molecule has 1 aliphatic carbocycles. The number of benzene rings is 1. The number of hydrogen-bond acceptors (Lipinski definition) is 4. The number of nitrogens with zero attached hydrogens (tertiary/aromatic N) is 2. The average Bonchev–Trinajstić information content (AvgIpc) is 3.04. The largest absolute Gasteiger partial charge is 0.444 e. The molecule has 0 radical (unpaired) electrons. The molecule has 1 atom stereocenters. The fourth-order valence-corrected chi connectivity index (χ4v) is 4.37. The molecule has 1 aromatic carbocycles. The summed E-state index contributed by atoms with van der Waals surface area (Å²) in [4.78, 5) is 27.9. The van der Waals surface area contributed by atoms with E-state index in [0.29, 0.717) is 17.5 Å². The van der Waals surface area contributed by atoms with Gasteiger partial charge in [0.05, 0.1) is 0 Å². The predicted octanol–water partition coefficient (Wildman–Crippen LogP) is 3.35. The maximum atomic E-state index is 12.2. The molecule has 0 spiro atoms. The van der Waals surface area contributed by atoms with E-state index in [0.717, 1.165) is 45.3 Å². The quantitative estimate of drug-likeness (QED) is 0.860. The summed E-state index contributed by atoms with van der Waals surface area (Å²) in [5.41, 5.74) is 8.12. The van der Waals surface area contributed by atoms with E-state index in [4.69, 9.17) is 10.5 Å². The maximum Gasteiger partial charge on any atom is 0.410 e. The molecule has 2 amide bonds. The van der Waals surface area contributed by atoms with E-state index in [-0.39, 0.29) is 12.0 Å². The van der Waals surface area contributed by atoms with E-state index in [1.165, 1.54) is 11.1 Å². The standard InChI is InChI=1S/C22H33N3O3/c1-22(2,3)28-21(27)25-11-9-15(10-12-25)14-24(4)19-8-6-16-13-17(20(23)26)5-7-18(16)19/h5,7,13,15,19H,6,8-12,14H2,1-4H3,(H2,23,26). The van der Waals surface area contributed by atoms with Crippen LogP contribution in [0.4, 0.5) is 4.79 Å². The van der Waals surface area contributed by atoms with Gasteiger partial charge in [-0.3, -0.25) is 9.69 Å². The number of ether oxygens (including phenoxy) is 1. The zero-order chi connectivity index (χ0) is 20.5. The fourth-order valence-electron chi connectivity index (χ4n) is 4.37. The number of carbonyl (C=O) groups is 2. The molecule has 6 nitrogen and oxygen atoms in total. The molecule has 1 aromatic rings. The minimum absolute atomic E-state index is 0.200. The summed E-state index contributed by atoms with van der Waals surface area (Å²) in [7, 11) is 2.18. The molecule has 1 saturated heterocycles. The Bertz CT molecular complexity index is 733. The van der Waals surface area contributed by atoms with Crippen LogP contribution in [0, 0.1) is 5.92 Å². The summed E-state index contributed by atoms with van der Waals surface area (Å²) >= 11 is 0. The molecule has 1 aliphatic heterocycles. The monoisotopic (exact) mass is 387 g/mol. The fraction of sp³-hybridized carbons (Fsp3) is 0.636. The first-order valence-corrected chi connectivity index (χ1v) is 10.2. The zero-order valence-electron chi connectivity index (χ0n) is 17.5. The van der Waals surface area contributed by atoms with E-state index in [2.05, 4.69) is 18.0 Å². The molecule has 0 saturated carbocycles. The van der Waals surface area contributed by atoms with Crippen molar-refractivity contribution < 1.29 is 14.3 Å². The van der Waals surface area contributed by atoms with Crippen LogP contribution in [0.1, 0.15) is 67.6 Å². The van der Waals surface area contributed by atoms with Gasteiger partial charge >= 0.3 is 6.09 Å². The second-order valence-corrected chi connectivity index (χ2v) is 9.18. The van der Waals surface area contributed by atoms with Crippen LogP contribution in [0.3, 0.4) is 0 Å². The lowest BCUT2D eigenvalue weighted by Gasteiger charge is -2.36. The zero-order valence-corrected chi connectivity index (χ0v) is 17.5. The highest BCUT2D eigenvalue weighted by atomic mass is 16.6. The summed E-state index contributed by atoms with van der Waals surface area (Å²) in [5.74, 6) is 0.217. The third kappa shape index (κ3) is 4.85. The minimum Gasteiger partial charge on any atom is -0.444 e. The highest BCUT2D eigenvalue weighted by Gasteiger charge is 2.31. The maximum absolute atomic E-state index is 12.2. The van der Waals surface area contributed by atoms with Crippen LogP contribution in [-0.2, 0) is 11.2 Å². The van der Waals surface area contributed by atoms with Gasteiger partial charge in [-0.1, -0.05) is 6.07 Å². The van der Waals surface area contributed by atoms with Crippen LogP contribution in [0.5, 0.6) is 0 Å². The van der Waals surface area contributed by atoms with Gasteiger partial charge in [0.2, 0.25) is 5.91 Å². The van der Waals surface area contributed by atoms with Gasteiger partial charge in [0.1, 0.15) is 5.60 Å². The Morgan fingerprint density at radius 3 is 2.50 bits per heavy atom. The SMILES string of the molecule is CN(CC1CCN(C(=O)OC(C)(C)C)CC1)C1CCc2cc(C(N)=O)ccc21. The lowest BCUT2D eigenvalue weighted by Crippen LogP contribution is -2.43. The first-order valence-electron chi connectivity index (χ1n) is 10.2. The summed E-state index contributed by atoms with van der Waals surface area (Å²) in [6, 6.07) is 6.24. The van der Waals surface area contributed by atoms with Gasteiger partial charge in [0.15, 0.2) is 0 Å². The Morgan fingerprint density at radius 2 is 1.89 bits per heavy atom. The number of piperidine rings is 1. The van der Waals surface area contributed by atoms with Crippen LogP contribution < -0.4 is 5.73 Å².